The molecule has 5 nitrogen and oxygen atoms in total. The Morgan fingerprint density at radius 2 is 1.79 bits per heavy atom. The lowest BCUT2D eigenvalue weighted by molar-refractivity contribution is -0.169. The average molecular weight is 398 g/mol. The number of ether oxygens (including phenoxy) is 2. The Bertz CT molecular complexity index is 887. The molecule has 0 aliphatic rings. The lowest BCUT2D eigenvalue weighted by atomic mass is 9.79. The maximum Gasteiger partial charge on any atom is 0.323 e. The maximum absolute atomic E-state index is 12.8. The predicted octanol–water partition coefficient (Wildman–Crippen LogP) is 4.73. The highest BCUT2D eigenvalue weighted by molar-refractivity contribution is 6.00. The van der Waals surface area contributed by atoms with Gasteiger partial charge < -0.3 is 14.0 Å². The van der Waals surface area contributed by atoms with E-state index in [9.17, 15) is 9.59 Å². The van der Waals surface area contributed by atoms with E-state index in [1.807, 2.05) is 48.0 Å². The number of allylic oxidation sites excluding steroid dienone is 1. The van der Waals surface area contributed by atoms with Crippen LogP contribution in [0.3, 0.4) is 0 Å². The number of nitrogens with zero attached hydrogens (tertiary/aromatic N) is 1. The van der Waals surface area contributed by atoms with Crippen LogP contribution in [0.25, 0.3) is 10.9 Å². The number of aryl methyl sites for hydroxylation is 1. The number of esters is 2. The van der Waals surface area contributed by atoms with Gasteiger partial charge in [0.15, 0.2) is 5.41 Å². The zero-order valence-electron chi connectivity index (χ0n) is 17.9. The van der Waals surface area contributed by atoms with E-state index < -0.39 is 17.4 Å². The Balaban J connectivity index is 2.37. The molecule has 0 aliphatic carbocycles. The van der Waals surface area contributed by atoms with Gasteiger partial charge in [-0.3, -0.25) is 9.59 Å². The van der Waals surface area contributed by atoms with Gasteiger partial charge in [-0.05, 0) is 42.5 Å². The van der Waals surface area contributed by atoms with Crippen molar-refractivity contribution in [2.75, 3.05) is 14.2 Å². The van der Waals surface area contributed by atoms with Crippen LogP contribution in [0.15, 0.2) is 48.2 Å². The monoisotopic (exact) mass is 397 g/mol. The highest BCUT2D eigenvalue weighted by Crippen LogP contribution is 2.33. The van der Waals surface area contributed by atoms with Crippen molar-refractivity contribution in [3.63, 3.8) is 0 Å². The number of methoxy groups -OCH3 is 2. The zero-order chi connectivity index (χ0) is 21.3. The second-order valence-corrected chi connectivity index (χ2v) is 7.27. The molecule has 0 radical (unpaired) electrons. The molecular formula is C24H31NO4. The smallest absolute Gasteiger partial charge is 0.323 e. The van der Waals surface area contributed by atoms with Crippen LogP contribution in [0.1, 0.15) is 44.7 Å². The fourth-order valence-corrected chi connectivity index (χ4v) is 3.58. The quantitative estimate of drug-likeness (QED) is 0.252. The van der Waals surface area contributed by atoms with Crippen LogP contribution in [0, 0.1) is 5.41 Å². The number of benzene rings is 1. The molecule has 0 saturated heterocycles. The molecular weight excluding hydrogens is 366 g/mol. The van der Waals surface area contributed by atoms with Gasteiger partial charge in [0.25, 0.3) is 0 Å². The van der Waals surface area contributed by atoms with Crippen molar-refractivity contribution in [1.29, 1.82) is 0 Å². The normalized spacial score (nSPS) is 11.0. The van der Waals surface area contributed by atoms with Gasteiger partial charge in [0.05, 0.1) is 14.2 Å². The predicted molar refractivity (Wildman–Crippen MR) is 115 cm³/mol. The van der Waals surface area contributed by atoms with Crippen molar-refractivity contribution in [3.8, 4) is 0 Å². The summed E-state index contributed by atoms with van der Waals surface area (Å²) in [5.74, 6) is -1.20. The summed E-state index contributed by atoms with van der Waals surface area (Å²) >= 11 is 0. The average Bonchev–Trinajstić information content (AvgIpc) is 3.06. The second kappa shape index (κ2) is 10.7. The van der Waals surface area contributed by atoms with Crippen molar-refractivity contribution >= 4 is 22.8 Å². The first-order valence-electron chi connectivity index (χ1n) is 10.1. The standard InChI is InChI=1S/C24H31NO4/c1-5-6-7-8-9-10-13-16-24(22(26)28-3,23(27)29-4)18-20-17-19-14-11-12-15-21(19)25(20)2/h9,11-15,17H,5-8,16,18H2,1-4H3. The molecule has 0 unspecified atom stereocenters. The number of unbranched alkanes of at least 4 members (excludes halogenated alkanes) is 3. The number of hydrogen-bond acceptors (Lipinski definition) is 4. The lowest BCUT2D eigenvalue weighted by Crippen LogP contribution is -2.43. The third kappa shape index (κ3) is 5.18. The van der Waals surface area contributed by atoms with Gasteiger partial charge in [-0.1, -0.05) is 38.0 Å². The van der Waals surface area contributed by atoms with Crippen molar-refractivity contribution in [1.82, 2.24) is 4.57 Å². The second-order valence-electron chi connectivity index (χ2n) is 7.27. The maximum atomic E-state index is 12.8. The number of hydrogen-bond donors (Lipinski definition) is 0. The Hall–Kier alpha value is -2.78. The first kappa shape index (κ1) is 22.5. The topological polar surface area (TPSA) is 57.5 Å². The minimum absolute atomic E-state index is 0.165. The summed E-state index contributed by atoms with van der Waals surface area (Å²) in [7, 11) is 4.53. The fourth-order valence-electron chi connectivity index (χ4n) is 3.58. The summed E-state index contributed by atoms with van der Waals surface area (Å²) < 4.78 is 12.1. The summed E-state index contributed by atoms with van der Waals surface area (Å²) in [6.07, 6.45) is 8.41. The molecule has 1 aromatic heterocycles. The Labute approximate surface area is 173 Å². The highest BCUT2D eigenvalue weighted by atomic mass is 16.5. The molecule has 2 rings (SSSR count). The van der Waals surface area contributed by atoms with E-state index >= 15 is 0 Å². The minimum Gasteiger partial charge on any atom is -0.468 e. The molecule has 156 valence electrons. The first-order chi connectivity index (χ1) is 14.0. The number of carbonyl (C=O) groups excluding carboxylic acids is 2. The van der Waals surface area contributed by atoms with Gasteiger partial charge in [-0.2, -0.15) is 0 Å². The molecule has 0 spiro atoms. The molecule has 0 N–H and O–H groups in total. The van der Waals surface area contributed by atoms with Gasteiger partial charge >= 0.3 is 11.9 Å². The number of aromatic nitrogens is 1. The third-order valence-electron chi connectivity index (χ3n) is 5.32. The van der Waals surface area contributed by atoms with Crippen LogP contribution < -0.4 is 0 Å². The SMILES string of the molecule is CCCCCC=C=CCC(Cc1cc2ccccc2n1C)(C(=O)OC)C(=O)OC. The molecule has 2 aromatic rings. The molecule has 5 heteroatoms. The zero-order valence-corrected chi connectivity index (χ0v) is 17.9. The van der Waals surface area contributed by atoms with E-state index in [0.717, 1.165) is 35.9 Å². The summed E-state index contributed by atoms with van der Waals surface area (Å²) in [5.41, 5.74) is 3.57. The fraction of sp³-hybridized carbons (Fsp3) is 0.458. The van der Waals surface area contributed by atoms with E-state index in [1.54, 1.807) is 6.08 Å². The first-order valence-corrected chi connectivity index (χ1v) is 10.1. The van der Waals surface area contributed by atoms with Gasteiger partial charge in [0.1, 0.15) is 0 Å². The molecule has 1 heterocycles. The van der Waals surface area contributed by atoms with E-state index in [4.69, 9.17) is 9.47 Å². The third-order valence-corrected chi connectivity index (χ3v) is 5.32. The summed E-state index contributed by atoms with van der Waals surface area (Å²) in [5, 5.41) is 1.06. The van der Waals surface area contributed by atoms with Crippen LogP contribution in [0.4, 0.5) is 0 Å². The van der Waals surface area contributed by atoms with Gasteiger partial charge in [0.2, 0.25) is 0 Å². The number of para-hydroxylation sites is 1. The van der Waals surface area contributed by atoms with Crippen molar-refractivity contribution in [3.05, 3.63) is 53.9 Å². The van der Waals surface area contributed by atoms with E-state index in [1.165, 1.54) is 20.6 Å². The summed E-state index contributed by atoms with van der Waals surface area (Å²) in [6, 6.07) is 9.95. The van der Waals surface area contributed by atoms with Crippen LogP contribution >= 0.6 is 0 Å². The molecule has 0 saturated carbocycles. The summed E-state index contributed by atoms with van der Waals surface area (Å²) in [6.45, 7) is 2.16. The van der Waals surface area contributed by atoms with Gasteiger partial charge in [-0.15, -0.1) is 5.73 Å². The largest absolute Gasteiger partial charge is 0.468 e. The Morgan fingerprint density at radius 3 is 2.41 bits per heavy atom. The van der Waals surface area contributed by atoms with Gasteiger partial charge in [-0.25, -0.2) is 0 Å². The summed E-state index contributed by atoms with van der Waals surface area (Å²) in [4.78, 5) is 25.6. The molecule has 0 atom stereocenters. The highest BCUT2D eigenvalue weighted by Gasteiger charge is 2.48. The number of rotatable bonds is 10. The lowest BCUT2D eigenvalue weighted by Gasteiger charge is -2.27. The van der Waals surface area contributed by atoms with Crippen molar-refractivity contribution in [2.45, 2.75) is 45.4 Å². The molecule has 0 amide bonds. The van der Waals surface area contributed by atoms with Crippen LogP contribution in [0.5, 0.6) is 0 Å². The molecule has 29 heavy (non-hydrogen) atoms. The van der Waals surface area contributed by atoms with Crippen LogP contribution in [0.2, 0.25) is 0 Å². The van der Waals surface area contributed by atoms with Crippen molar-refractivity contribution in [2.24, 2.45) is 12.5 Å². The van der Waals surface area contributed by atoms with E-state index in [-0.39, 0.29) is 12.8 Å². The molecule has 0 bridgehead atoms. The van der Waals surface area contributed by atoms with E-state index in [0.29, 0.717) is 0 Å². The number of fused-ring (bicyclic) bond motifs is 1. The van der Waals surface area contributed by atoms with Crippen LogP contribution in [-0.4, -0.2) is 30.7 Å². The van der Waals surface area contributed by atoms with Crippen LogP contribution in [-0.2, 0) is 32.5 Å². The van der Waals surface area contributed by atoms with Crippen molar-refractivity contribution < 1.29 is 19.1 Å². The molecule has 1 aromatic carbocycles. The number of carbonyl (C=O) groups is 2. The Kier molecular flexibility index (Phi) is 8.29. The Morgan fingerprint density at radius 1 is 1.10 bits per heavy atom. The van der Waals surface area contributed by atoms with Gasteiger partial charge in [0, 0.05) is 31.1 Å². The molecule has 0 aliphatic heterocycles. The minimum atomic E-state index is -1.45. The molecule has 0 fully saturated rings. The van der Waals surface area contributed by atoms with E-state index in [2.05, 4.69) is 12.7 Å².